The molecule has 1 N–H and O–H groups in total. The maximum Gasteiger partial charge on any atom is 0.0991 e. The number of nitrogens with zero attached hydrogens (tertiary/aromatic N) is 1. The maximum atomic E-state index is 8.67. The van der Waals surface area contributed by atoms with E-state index in [-0.39, 0.29) is 0 Å². The van der Waals surface area contributed by atoms with E-state index in [1.54, 1.807) is 0 Å². The van der Waals surface area contributed by atoms with Crippen LogP contribution in [0.15, 0.2) is 24.3 Å². The molecule has 1 atom stereocenters. The molecule has 0 amide bonds. The molecule has 1 rings (SSSR count). The number of hydrogen-bond donors (Lipinski definition) is 1. The molecule has 0 heterocycles. The largest absolute Gasteiger partial charge is 0.382 e. The second-order valence-corrected chi connectivity index (χ2v) is 3.73. The molecule has 0 fully saturated rings. The second kappa shape index (κ2) is 6.08. The van der Waals surface area contributed by atoms with E-state index in [0.717, 1.165) is 12.1 Å². The zero-order valence-electron chi connectivity index (χ0n) is 9.46. The maximum absolute atomic E-state index is 8.67. The Morgan fingerprint density at radius 2 is 1.93 bits per heavy atom. The first-order valence-electron chi connectivity index (χ1n) is 5.56. The number of hydrogen-bond acceptors (Lipinski definition) is 2. The predicted molar refractivity (Wildman–Crippen MR) is 63.8 cm³/mol. The van der Waals surface area contributed by atoms with Crippen LogP contribution >= 0.6 is 0 Å². The molecule has 80 valence electrons. The number of benzene rings is 1. The minimum atomic E-state index is 0.544. The molecule has 1 aromatic carbocycles. The third-order valence-electron chi connectivity index (χ3n) is 2.51. The Balaban J connectivity index is 2.59. The quantitative estimate of drug-likeness (QED) is 0.792. The monoisotopic (exact) mass is 202 g/mol. The van der Waals surface area contributed by atoms with Gasteiger partial charge in [0, 0.05) is 11.7 Å². The zero-order chi connectivity index (χ0) is 11.1. The van der Waals surface area contributed by atoms with Crippen LogP contribution in [0, 0.1) is 11.3 Å². The van der Waals surface area contributed by atoms with Gasteiger partial charge in [-0.25, -0.2) is 0 Å². The average molecular weight is 202 g/mol. The Bertz CT molecular complexity index is 321. The molecule has 0 saturated carbocycles. The number of nitriles is 1. The summed E-state index contributed by atoms with van der Waals surface area (Å²) in [6, 6.07) is 10.3. The fourth-order valence-corrected chi connectivity index (χ4v) is 1.60. The van der Waals surface area contributed by atoms with Gasteiger partial charge in [0.2, 0.25) is 0 Å². The van der Waals surface area contributed by atoms with Crippen LogP contribution in [0.3, 0.4) is 0 Å². The van der Waals surface area contributed by atoms with Crippen LogP contribution in [0.25, 0.3) is 0 Å². The lowest BCUT2D eigenvalue weighted by Gasteiger charge is -2.17. The zero-order valence-corrected chi connectivity index (χ0v) is 9.46. The molecule has 1 aromatic rings. The van der Waals surface area contributed by atoms with Crippen molar-refractivity contribution in [2.75, 3.05) is 5.32 Å². The highest BCUT2D eigenvalue weighted by Crippen LogP contribution is 2.13. The van der Waals surface area contributed by atoms with Crippen molar-refractivity contribution in [1.29, 1.82) is 5.26 Å². The molecule has 0 aliphatic rings. The number of anilines is 1. The summed E-state index contributed by atoms with van der Waals surface area (Å²) in [5.41, 5.74) is 1.82. The average Bonchev–Trinajstić information content (AvgIpc) is 2.29. The van der Waals surface area contributed by atoms with E-state index in [1.165, 1.54) is 12.8 Å². The van der Waals surface area contributed by atoms with E-state index in [4.69, 9.17) is 5.26 Å². The van der Waals surface area contributed by atoms with Gasteiger partial charge in [-0.1, -0.05) is 20.3 Å². The Morgan fingerprint density at radius 1 is 1.27 bits per heavy atom. The van der Waals surface area contributed by atoms with Crippen LogP contribution in [-0.2, 0) is 0 Å². The lowest BCUT2D eigenvalue weighted by molar-refractivity contribution is 0.623. The fraction of sp³-hybridized carbons (Fsp3) is 0.462. The molecule has 15 heavy (non-hydrogen) atoms. The van der Waals surface area contributed by atoms with Crippen LogP contribution in [0.1, 0.15) is 38.7 Å². The molecule has 0 bridgehead atoms. The first-order valence-corrected chi connectivity index (χ1v) is 5.56. The molecular weight excluding hydrogens is 184 g/mol. The Labute approximate surface area is 91.9 Å². The summed E-state index contributed by atoms with van der Waals surface area (Å²) in [6.45, 7) is 4.39. The summed E-state index contributed by atoms with van der Waals surface area (Å²) in [6.07, 6.45) is 3.52. The molecule has 0 aromatic heterocycles. The van der Waals surface area contributed by atoms with Gasteiger partial charge in [-0.05, 0) is 37.1 Å². The summed E-state index contributed by atoms with van der Waals surface area (Å²) in [4.78, 5) is 0. The third kappa shape index (κ3) is 3.63. The molecule has 1 unspecified atom stereocenters. The van der Waals surface area contributed by atoms with Crippen molar-refractivity contribution in [3.05, 3.63) is 29.8 Å². The first-order chi connectivity index (χ1) is 7.30. The normalized spacial score (nSPS) is 11.8. The van der Waals surface area contributed by atoms with Crippen LogP contribution in [0.4, 0.5) is 5.69 Å². The van der Waals surface area contributed by atoms with Gasteiger partial charge in [0.15, 0.2) is 0 Å². The molecular formula is C13H18N2. The summed E-state index contributed by atoms with van der Waals surface area (Å²) in [5, 5.41) is 12.1. The number of rotatable bonds is 5. The Hall–Kier alpha value is -1.49. The minimum absolute atomic E-state index is 0.544. The third-order valence-corrected chi connectivity index (χ3v) is 2.51. The van der Waals surface area contributed by atoms with Gasteiger partial charge in [-0.2, -0.15) is 5.26 Å². The van der Waals surface area contributed by atoms with E-state index in [2.05, 4.69) is 25.2 Å². The Kier molecular flexibility index (Phi) is 4.70. The van der Waals surface area contributed by atoms with Crippen molar-refractivity contribution in [2.24, 2.45) is 0 Å². The first kappa shape index (κ1) is 11.6. The van der Waals surface area contributed by atoms with Crippen LogP contribution < -0.4 is 5.32 Å². The highest BCUT2D eigenvalue weighted by Gasteiger charge is 2.03. The van der Waals surface area contributed by atoms with Crippen molar-refractivity contribution >= 4 is 5.69 Å². The van der Waals surface area contributed by atoms with Gasteiger partial charge in [-0.3, -0.25) is 0 Å². The summed E-state index contributed by atoms with van der Waals surface area (Å²) in [7, 11) is 0. The summed E-state index contributed by atoms with van der Waals surface area (Å²) >= 11 is 0. The summed E-state index contributed by atoms with van der Waals surface area (Å²) < 4.78 is 0. The van der Waals surface area contributed by atoms with Gasteiger partial charge in [0.25, 0.3) is 0 Å². The van der Waals surface area contributed by atoms with Crippen LogP contribution in [-0.4, -0.2) is 6.04 Å². The van der Waals surface area contributed by atoms with Gasteiger partial charge in [-0.15, -0.1) is 0 Å². The van der Waals surface area contributed by atoms with Gasteiger partial charge >= 0.3 is 0 Å². The van der Waals surface area contributed by atoms with E-state index in [0.29, 0.717) is 11.6 Å². The smallest absolute Gasteiger partial charge is 0.0991 e. The topological polar surface area (TPSA) is 35.8 Å². The van der Waals surface area contributed by atoms with Crippen molar-refractivity contribution in [2.45, 2.75) is 39.2 Å². The molecule has 0 saturated heterocycles. The molecule has 2 nitrogen and oxygen atoms in total. The van der Waals surface area contributed by atoms with Gasteiger partial charge in [0.1, 0.15) is 0 Å². The van der Waals surface area contributed by atoms with E-state index in [9.17, 15) is 0 Å². The van der Waals surface area contributed by atoms with Gasteiger partial charge in [0.05, 0.1) is 11.6 Å². The lowest BCUT2D eigenvalue weighted by atomic mass is 10.1. The molecule has 2 heteroatoms. The second-order valence-electron chi connectivity index (χ2n) is 3.73. The highest BCUT2D eigenvalue weighted by atomic mass is 14.9. The molecule has 0 radical (unpaired) electrons. The number of nitrogens with one attached hydrogen (secondary N) is 1. The van der Waals surface area contributed by atoms with Gasteiger partial charge < -0.3 is 5.32 Å². The van der Waals surface area contributed by atoms with Crippen LogP contribution in [0.5, 0.6) is 0 Å². The van der Waals surface area contributed by atoms with Crippen molar-refractivity contribution < 1.29 is 0 Å². The summed E-state index contributed by atoms with van der Waals surface area (Å²) in [5.74, 6) is 0. The van der Waals surface area contributed by atoms with E-state index >= 15 is 0 Å². The van der Waals surface area contributed by atoms with Crippen molar-refractivity contribution in [3.63, 3.8) is 0 Å². The molecule has 0 spiro atoms. The standard InChI is InChI=1S/C13H18N2/c1-3-5-12(4-2)15-13-8-6-11(10-14)7-9-13/h6-9,12,15H,3-5H2,1-2H3. The van der Waals surface area contributed by atoms with Crippen molar-refractivity contribution in [1.82, 2.24) is 0 Å². The Morgan fingerprint density at radius 3 is 2.40 bits per heavy atom. The van der Waals surface area contributed by atoms with Crippen molar-refractivity contribution in [3.8, 4) is 6.07 Å². The highest BCUT2D eigenvalue weighted by molar-refractivity contribution is 5.47. The fourth-order valence-electron chi connectivity index (χ4n) is 1.60. The van der Waals surface area contributed by atoms with E-state index in [1.807, 2.05) is 24.3 Å². The lowest BCUT2D eigenvalue weighted by Crippen LogP contribution is -2.17. The molecule has 0 aliphatic heterocycles. The van der Waals surface area contributed by atoms with E-state index < -0.39 is 0 Å². The minimum Gasteiger partial charge on any atom is -0.382 e. The predicted octanol–water partition coefficient (Wildman–Crippen LogP) is 3.55. The SMILES string of the molecule is CCCC(CC)Nc1ccc(C#N)cc1. The van der Waals surface area contributed by atoms with Crippen LogP contribution in [0.2, 0.25) is 0 Å². The molecule has 0 aliphatic carbocycles.